The fourth-order valence-corrected chi connectivity index (χ4v) is 6.21. The van der Waals surface area contributed by atoms with E-state index in [1.165, 1.54) is 12.0 Å². The summed E-state index contributed by atoms with van der Waals surface area (Å²) in [6.45, 7) is 3.21. The summed E-state index contributed by atoms with van der Waals surface area (Å²) in [7, 11) is 0. The van der Waals surface area contributed by atoms with Gasteiger partial charge in [0.2, 0.25) is 0 Å². The molecule has 2 aromatic carbocycles. The highest BCUT2D eigenvalue weighted by Gasteiger charge is 2.37. The maximum atomic E-state index is 5.17. The highest BCUT2D eigenvalue weighted by molar-refractivity contribution is 6.02. The van der Waals surface area contributed by atoms with Gasteiger partial charge in [0.05, 0.1) is 23.0 Å². The van der Waals surface area contributed by atoms with E-state index in [-0.39, 0.29) is 0 Å². The lowest BCUT2D eigenvalue weighted by atomic mass is 9.99. The molecular formula is C30H26N8. The molecule has 6 aromatic rings. The Balaban J connectivity index is 1.29. The summed E-state index contributed by atoms with van der Waals surface area (Å²) in [5.74, 6) is 0. The number of pyridine rings is 1. The van der Waals surface area contributed by atoms with Crippen molar-refractivity contribution in [3.63, 3.8) is 0 Å². The average molecular weight is 499 g/mol. The summed E-state index contributed by atoms with van der Waals surface area (Å²) >= 11 is 0. The molecular weight excluding hydrogens is 472 g/mol. The minimum Gasteiger partial charge on any atom is -0.311 e. The molecule has 38 heavy (non-hydrogen) atoms. The second-order valence-electron chi connectivity index (χ2n) is 10.3. The number of piperazine rings is 1. The molecule has 8 nitrogen and oxygen atoms in total. The first-order valence-corrected chi connectivity index (χ1v) is 13.1. The van der Waals surface area contributed by atoms with Crippen molar-refractivity contribution in [2.75, 3.05) is 13.1 Å². The van der Waals surface area contributed by atoms with E-state index >= 15 is 0 Å². The number of nitrogens with zero attached hydrogens (tertiary/aromatic N) is 6. The van der Waals surface area contributed by atoms with E-state index in [9.17, 15) is 0 Å². The van der Waals surface area contributed by atoms with E-state index in [2.05, 4.69) is 61.8 Å². The highest BCUT2D eigenvalue weighted by Crippen LogP contribution is 2.39. The monoisotopic (exact) mass is 498 g/mol. The summed E-state index contributed by atoms with van der Waals surface area (Å²) in [5.41, 5.74) is 9.18. The van der Waals surface area contributed by atoms with Crippen LogP contribution in [0, 0.1) is 0 Å². The summed E-state index contributed by atoms with van der Waals surface area (Å²) in [6.07, 6.45) is 8.64. The number of hydrogen-bond acceptors (Lipinski definition) is 6. The third-order valence-electron chi connectivity index (χ3n) is 8.00. The van der Waals surface area contributed by atoms with Gasteiger partial charge in [-0.15, -0.1) is 0 Å². The van der Waals surface area contributed by atoms with Crippen LogP contribution in [-0.4, -0.2) is 59.9 Å². The molecule has 8 heteroatoms. The summed E-state index contributed by atoms with van der Waals surface area (Å²) < 4.78 is 1.99. The quantitative estimate of drug-likeness (QED) is 0.363. The van der Waals surface area contributed by atoms with Crippen LogP contribution in [0.3, 0.4) is 0 Å². The maximum absolute atomic E-state index is 5.17. The summed E-state index contributed by atoms with van der Waals surface area (Å²) in [4.78, 5) is 11.7. The van der Waals surface area contributed by atoms with Gasteiger partial charge in [-0.3, -0.25) is 15.0 Å². The number of rotatable bonds is 5. The molecule has 6 heterocycles. The second-order valence-corrected chi connectivity index (χ2v) is 10.3. The van der Waals surface area contributed by atoms with Gasteiger partial charge >= 0.3 is 0 Å². The van der Waals surface area contributed by atoms with Crippen LogP contribution in [0.4, 0.5) is 0 Å². The maximum Gasteiger partial charge on any atom is 0.164 e. The van der Waals surface area contributed by atoms with Gasteiger partial charge in [-0.1, -0.05) is 30.3 Å². The fourth-order valence-electron chi connectivity index (χ4n) is 6.21. The fraction of sp³-hybridized carbons (Fsp3) is 0.200. The minimum absolute atomic E-state index is 0.650. The van der Waals surface area contributed by atoms with E-state index in [1.54, 1.807) is 12.4 Å². The number of hydrogen-bond donors (Lipinski definition) is 2. The van der Waals surface area contributed by atoms with Crippen molar-refractivity contribution in [1.29, 1.82) is 0 Å². The molecule has 0 unspecified atom stereocenters. The SMILES string of the molecule is c1cc(CN2C[C@@H]3C[C@@H]2CN3)cc(-c2ccnc3c(-c4cccc5[nH]ncc45)c(-c4ccncc4)nn23)c1. The van der Waals surface area contributed by atoms with Crippen LogP contribution in [0.2, 0.25) is 0 Å². The molecule has 2 fully saturated rings. The molecule has 0 saturated carbocycles. The first kappa shape index (κ1) is 21.7. The zero-order valence-electron chi connectivity index (χ0n) is 20.7. The Morgan fingerprint density at radius 2 is 1.87 bits per heavy atom. The molecule has 2 aliphatic rings. The van der Waals surface area contributed by atoms with Gasteiger partial charge in [-0.2, -0.15) is 10.2 Å². The molecule has 0 amide bonds. The third kappa shape index (κ3) is 3.45. The predicted octanol–water partition coefficient (Wildman–Crippen LogP) is 4.55. The molecule has 2 atom stereocenters. The highest BCUT2D eigenvalue weighted by atomic mass is 15.3. The van der Waals surface area contributed by atoms with Gasteiger partial charge in [-0.25, -0.2) is 9.50 Å². The number of likely N-dealkylation sites (tertiary alicyclic amines) is 1. The van der Waals surface area contributed by atoms with Crippen molar-refractivity contribution in [2.45, 2.75) is 25.0 Å². The van der Waals surface area contributed by atoms with Gasteiger partial charge in [0, 0.05) is 66.8 Å². The molecule has 2 aliphatic heterocycles. The van der Waals surface area contributed by atoms with Crippen molar-refractivity contribution in [1.82, 2.24) is 40.0 Å². The molecule has 2 N–H and O–H groups in total. The molecule has 0 radical (unpaired) electrons. The Hall–Kier alpha value is -4.40. The van der Waals surface area contributed by atoms with Crippen molar-refractivity contribution < 1.29 is 0 Å². The topological polar surface area (TPSA) is 87.0 Å². The summed E-state index contributed by atoms with van der Waals surface area (Å²) in [6, 6.07) is 22.4. The van der Waals surface area contributed by atoms with Gasteiger partial charge in [0.25, 0.3) is 0 Å². The lowest BCUT2D eigenvalue weighted by molar-refractivity contribution is 0.218. The Kier molecular flexibility index (Phi) is 4.89. The molecule has 186 valence electrons. The first-order chi connectivity index (χ1) is 18.8. The second kappa shape index (κ2) is 8.58. The number of aromatic nitrogens is 6. The van der Waals surface area contributed by atoms with Crippen molar-refractivity contribution in [3.8, 4) is 33.6 Å². The van der Waals surface area contributed by atoms with E-state index < -0.39 is 0 Å². The van der Waals surface area contributed by atoms with Crippen LogP contribution in [-0.2, 0) is 6.54 Å². The Bertz CT molecular complexity index is 1790. The summed E-state index contributed by atoms with van der Waals surface area (Å²) in [5, 5.41) is 17.2. The van der Waals surface area contributed by atoms with Crippen molar-refractivity contribution >= 4 is 16.6 Å². The molecule has 0 aliphatic carbocycles. The van der Waals surface area contributed by atoms with Crippen LogP contribution >= 0.6 is 0 Å². The molecule has 0 spiro atoms. The number of aromatic amines is 1. The molecule has 8 rings (SSSR count). The standard InChI is InChI=1S/C30H26N8/c1-3-19(17-37-18-22-14-23(37)15-33-22)13-21(4-1)27-9-12-32-30-28(24-5-2-6-26-25(24)16-34-35-26)29(36-38(27)30)20-7-10-31-11-8-20/h1-13,16,22-23,33H,14-15,17-18H2,(H,34,35)/t22-,23+/m0/s1. The van der Waals surface area contributed by atoms with Crippen LogP contribution in [0.25, 0.3) is 50.2 Å². The minimum atomic E-state index is 0.650. The van der Waals surface area contributed by atoms with Gasteiger partial charge in [0.15, 0.2) is 5.65 Å². The third-order valence-corrected chi connectivity index (χ3v) is 8.00. The van der Waals surface area contributed by atoms with Gasteiger partial charge < -0.3 is 5.32 Å². The Morgan fingerprint density at radius 3 is 2.74 bits per heavy atom. The van der Waals surface area contributed by atoms with Gasteiger partial charge in [-0.05, 0) is 47.9 Å². The number of H-pyrrole nitrogens is 1. The largest absolute Gasteiger partial charge is 0.311 e. The average Bonchev–Trinajstić information content (AvgIpc) is 3.76. The van der Waals surface area contributed by atoms with E-state index in [0.29, 0.717) is 12.1 Å². The number of nitrogens with one attached hydrogen (secondary N) is 2. The van der Waals surface area contributed by atoms with E-state index in [0.717, 1.165) is 69.8 Å². The van der Waals surface area contributed by atoms with Crippen LogP contribution in [0.1, 0.15) is 12.0 Å². The Labute approximate surface area is 219 Å². The number of benzene rings is 2. The zero-order valence-corrected chi connectivity index (χ0v) is 20.7. The van der Waals surface area contributed by atoms with E-state index in [4.69, 9.17) is 10.1 Å². The molecule has 2 saturated heterocycles. The van der Waals surface area contributed by atoms with Crippen LogP contribution in [0.15, 0.2) is 85.5 Å². The zero-order chi connectivity index (χ0) is 25.1. The van der Waals surface area contributed by atoms with E-state index in [1.807, 2.05) is 41.2 Å². The molecule has 2 bridgehead atoms. The lowest BCUT2D eigenvalue weighted by Gasteiger charge is -2.27. The smallest absolute Gasteiger partial charge is 0.164 e. The van der Waals surface area contributed by atoms with Gasteiger partial charge in [0.1, 0.15) is 5.69 Å². The van der Waals surface area contributed by atoms with Crippen molar-refractivity contribution in [2.24, 2.45) is 0 Å². The van der Waals surface area contributed by atoms with Crippen LogP contribution < -0.4 is 5.32 Å². The predicted molar refractivity (Wildman–Crippen MR) is 147 cm³/mol. The Morgan fingerprint density at radius 1 is 0.947 bits per heavy atom. The normalized spacial score (nSPS) is 19.2. The number of fused-ring (bicyclic) bond motifs is 4. The van der Waals surface area contributed by atoms with Crippen LogP contribution in [0.5, 0.6) is 0 Å². The van der Waals surface area contributed by atoms with Crippen molar-refractivity contribution in [3.05, 3.63) is 91.0 Å². The molecule has 4 aromatic heterocycles. The lowest BCUT2D eigenvalue weighted by Crippen LogP contribution is -2.42. The first-order valence-electron chi connectivity index (χ1n) is 13.1.